The second kappa shape index (κ2) is 7.38. The van der Waals surface area contributed by atoms with Gasteiger partial charge in [-0.05, 0) is 17.5 Å². The van der Waals surface area contributed by atoms with E-state index in [-0.39, 0.29) is 10.6 Å². The zero-order chi connectivity index (χ0) is 15.2. The fourth-order valence-electron chi connectivity index (χ4n) is 2.39. The van der Waals surface area contributed by atoms with Crippen molar-refractivity contribution in [2.24, 2.45) is 0 Å². The van der Waals surface area contributed by atoms with Gasteiger partial charge in [0, 0.05) is 32.2 Å². The molecule has 1 aliphatic heterocycles. The first-order valence-electron chi connectivity index (χ1n) is 7.40. The Morgan fingerprint density at radius 3 is 2.71 bits per heavy atom. The summed E-state index contributed by atoms with van der Waals surface area (Å²) >= 11 is 0. The third kappa shape index (κ3) is 4.41. The Labute approximate surface area is 125 Å². The van der Waals surface area contributed by atoms with Gasteiger partial charge in [-0.1, -0.05) is 19.9 Å². The molecule has 1 fully saturated rings. The third-order valence-corrected chi connectivity index (χ3v) is 3.73. The largest absolute Gasteiger partial charge is 0.379 e. The summed E-state index contributed by atoms with van der Waals surface area (Å²) in [6, 6.07) is 5.31. The molecule has 1 aromatic carbocycles. The molecule has 1 N–H and O–H groups in total. The highest BCUT2D eigenvalue weighted by Crippen LogP contribution is 2.28. The van der Waals surface area contributed by atoms with Crippen LogP contribution in [0.2, 0.25) is 0 Å². The fraction of sp³-hybridized carbons (Fsp3) is 0.600. The molecule has 6 nitrogen and oxygen atoms in total. The van der Waals surface area contributed by atoms with E-state index in [0.717, 1.165) is 38.4 Å². The molecule has 0 saturated carbocycles. The lowest BCUT2D eigenvalue weighted by atomic mass is 10.0. The Bertz CT molecular complexity index is 485. The van der Waals surface area contributed by atoms with Crippen LogP contribution in [0.15, 0.2) is 18.2 Å². The Hall–Kier alpha value is -1.66. The van der Waals surface area contributed by atoms with E-state index in [4.69, 9.17) is 4.74 Å². The fourth-order valence-corrected chi connectivity index (χ4v) is 2.39. The molecule has 1 saturated heterocycles. The van der Waals surface area contributed by atoms with Crippen LogP contribution in [0.4, 0.5) is 11.4 Å². The van der Waals surface area contributed by atoms with Crippen LogP contribution in [0.1, 0.15) is 25.3 Å². The summed E-state index contributed by atoms with van der Waals surface area (Å²) in [7, 11) is 0. The van der Waals surface area contributed by atoms with Crippen LogP contribution >= 0.6 is 0 Å². The summed E-state index contributed by atoms with van der Waals surface area (Å²) < 4.78 is 5.31. The maximum Gasteiger partial charge on any atom is 0.292 e. The normalized spacial score (nSPS) is 16.1. The monoisotopic (exact) mass is 293 g/mol. The van der Waals surface area contributed by atoms with Crippen molar-refractivity contribution in [3.8, 4) is 0 Å². The van der Waals surface area contributed by atoms with E-state index in [1.165, 1.54) is 0 Å². The number of morpholine rings is 1. The molecule has 0 bridgehead atoms. The number of benzene rings is 1. The van der Waals surface area contributed by atoms with Crippen molar-refractivity contribution in [2.75, 3.05) is 44.7 Å². The number of anilines is 1. The van der Waals surface area contributed by atoms with E-state index in [9.17, 15) is 10.1 Å². The average Bonchev–Trinajstić information content (AvgIpc) is 2.48. The number of hydrogen-bond donors (Lipinski definition) is 1. The first-order chi connectivity index (χ1) is 10.1. The topological polar surface area (TPSA) is 67.6 Å². The maximum absolute atomic E-state index is 11.1. The summed E-state index contributed by atoms with van der Waals surface area (Å²) in [6.45, 7) is 9.11. The van der Waals surface area contributed by atoms with E-state index in [2.05, 4.69) is 24.1 Å². The molecule has 116 valence electrons. The lowest BCUT2D eigenvalue weighted by Gasteiger charge is -2.26. The van der Waals surface area contributed by atoms with Gasteiger partial charge in [0.15, 0.2) is 0 Å². The van der Waals surface area contributed by atoms with Crippen LogP contribution in [0, 0.1) is 10.1 Å². The van der Waals surface area contributed by atoms with Gasteiger partial charge >= 0.3 is 0 Å². The number of nitrogens with zero attached hydrogens (tertiary/aromatic N) is 2. The number of nitrogens with one attached hydrogen (secondary N) is 1. The summed E-state index contributed by atoms with van der Waals surface area (Å²) in [5.74, 6) is 0.352. The molecule has 1 aliphatic rings. The molecular formula is C15H23N3O3. The van der Waals surface area contributed by atoms with Gasteiger partial charge in [0.25, 0.3) is 5.69 Å². The molecule has 0 aromatic heterocycles. The summed E-state index contributed by atoms with van der Waals surface area (Å²) in [4.78, 5) is 13.1. The van der Waals surface area contributed by atoms with Gasteiger partial charge in [-0.15, -0.1) is 0 Å². The number of nitro benzene ring substituents is 1. The van der Waals surface area contributed by atoms with Gasteiger partial charge in [-0.25, -0.2) is 0 Å². The maximum atomic E-state index is 11.1. The summed E-state index contributed by atoms with van der Waals surface area (Å²) in [5.41, 5.74) is 1.86. The minimum Gasteiger partial charge on any atom is -0.379 e. The molecule has 2 rings (SSSR count). The quantitative estimate of drug-likeness (QED) is 0.644. The molecule has 0 unspecified atom stereocenters. The van der Waals surface area contributed by atoms with Gasteiger partial charge in [0.1, 0.15) is 5.69 Å². The van der Waals surface area contributed by atoms with Crippen LogP contribution < -0.4 is 5.32 Å². The number of nitro groups is 1. The SMILES string of the molecule is CC(C)c1ccc([N+](=O)[O-])c(NCCN2CCOCC2)c1. The molecule has 0 radical (unpaired) electrons. The predicted molar refractivity (Wildman–Crippen MR) is 82.9 cm³/mol. The lowest BCUT2D eigenvalue weighted by Crippen LogP contribution is -2.39. The standard InChI is InChI=1S/C15H23N3O3/c1-12(2)13-3-4-15(18(19)20)14(11-13)16-5-6-17-7-9-21-10-8-17/h3-4,11-12,16H,5-10H2,1-2H3. The highest BCUT2D eigenvalue weighted by Gasteiger charge is 2.16. The van der Waals surface area contributed by atoms with Crippen molar-refractivity contribution in [3.63, 3.8) is 0 Å². The van der Waals surface area contributed by atoms with E-state index >= 15 is 0 Å². The Morgan fingerprint density at radius 2 is 2.10 bits per heavy atom. The minimum absolute atomic E-state index is 0.140. The number of hydrogen-bond acceptors (Lipinski definition) is 5. The van der Waals surface area contributed by atoms with Crippen LogP contribution in [0.25, 0.3) is 0 Å². The highest BCUT2D eigenvalue weighted by atomic mass is 16.6. The number of rotatable bonds is 6. The molecule has 0 spiro atoms. The first-order valence-corrected chi connectivity index (χ1v) is 7.40. The molecule has 1 aromatic rings. The summed E-state index contributed by atoms with van der Waals surface area (Å²) in [6.07, 6.45) is 0. The van der Waals surface area contributed by atoms with Crippen LogP contribution in [0.5, 0.6) is 0 Å². The molecule has 21 heavy (non-hydrogen) atoms. The van der Waals surface area contributed by atoms with Crippen LogP contribution in [-0.4, -0.2) is 49.2 Å². The molecule has 6 heteroatoms. The number of ether oxygens (including phenoxy) is 1. The zero-order valence-corrected chi connectivity index (χ0v) is 12.7. The summed E-state index contributed by atoms with van der Waals surface area (Å²) in [5, 5.41) is 14.3. The van der Waals surface area contributed by atoms with Crippen LogP contribution in [-0.2, 0) is 4.74 Å². The molecule has 0 aliphatic carbocycles. The van der Waals surface area contributed by atoms with E-state index in [1.807, 2.05) is 12.1 Å². The average molecular weight is 293 g/mol. The van der Waals surface area contributed by atoms with Crippen LogP contribution in [0.3, 0.4) is 0 Å². The second-order valence-electron chi connectivity index (χ2n) is 5.57. The Kier molecular flexibility index (Phi) is 5.52. The van der Waals surface area contributed by atoms with Crippen molar-refractivity contribution >= 4 is 11.4 Å². The van der Waals surface area contributed by atoms with Gasteiger partial charge in [-0.3, -0.25) is 15.0 Å². The molecule has 1 heterocycles. The highest BCUT2D eigenvalue weighted by molar-refractivity contribution is 5.63. The predicted octanol–water partition coefficient (Wildman–Crippen LogP) is 2.46. The van der Waals surface area contributed by atoms with Gasteiger partial charge < -0.3 is 10.1 Å². The van der Waals surface area contributed by atoms with Gasteiger partial charge in [-0.2, -0.15) is 0 Å². The van der Waals surface area contributed by atoms with E-state index in [1.54, 1.807) is 6.07 Å². The van der Waals surface area contributed by atoms with Gasteiger partial charge in [0.05, 0.1) is 18.1 Å². The second-order valence-corrected chi connectivity index (χ2v) is 5.57. The van der Waals surface area contributed by atoms with Crippen molar-refractivity contribution in [1.82, 2.24) is 4.90 Å². The third-order valence-electron chi connectivity index (χ3n) is 3.73. The van der Waals surface area contributed by atoms with Crippen molar-refractivity contribution < 1.29 is 9.66 Å². The van der Waals surface area contributed by atoms with E-state index in [0.29, 0.717) is 18.2 Å². The van der Waals surface area contributed by atoms with E-state index < -0.39 is 0 Å². The van der Waals surface area contributed by atoms with Crippen molar-refractivity contribution in [1.29, 1.82) is 0 Å². The molecule has 0 amide bonds. The molecular weight excluding hydrogens is 270 g/mol. The smallest absolute Gasteiger partial charge is 0.292 e. The molecule has 0 atom stereocenters. The minimum atomic E-state index is -0.332. The Morgan fingerprint density at radius 1 is 1.38 bits per heavy atom. The lowest BCUT2D eigenvalue weighted by molar-refractivity contribution is -0.384. The first kappa shape index (κ1) is 15.7. The van der Waals surface area contributed by atoms with Crippen molar-refractivity contribution in [3.05, 3.63) is 33.9 Å². The van der Waals surface area contributed by atoms with Gasteiger partial charge in [0.2, 0.25) is 0 Å². The Balaban J connectivity index is 1.99. The van der Waals surface area contributed by atoms with Crippen molar-refractivity contribution in [2.45, 2.75) is 19.8 Å². The zero-order valence-electron chi connectivity index (χ0n) is 12.7.